The number of allylic oxidation sites excluding steroid dienone is 2. The van der Waals surface area contributed by atoms with E-state index in [1.165, 1.54) is 5.57 Å². The molecule has 84 valence electrons. The van der Waals surface area contributed by atoms with Gasteiger partial charge in [-0.1, -0.05) is 11.6 Å². The molecule has 0 N–H and O–H groups in total. The van der Waals surface area contributed by atoms with Gasteiger partial charge in [0, 0.05) is 12.8 Å². The van der Waals surface area contributed by atoms with Crippen LogP contribution in [0.15, 0.2) is 11.6 Å². The molecule has 0 atom stereocenters. The molecule has 0 aromatic heterocycles. The van der Waals surface area contributed by atoms with Gasteiger partial charge in [0.15, 0.2) is 0 Å². The minimum absolute atomic E-state index is 0.112. The number of esters is 1. The Kier molecular flexibility index (Phi) is 8.56. The third-order valence-electron chi connectivity index (χ3n) is 1.97. The standard InChI is InChI=1S/C13H20O2/c1-4-6-7-8-9-12(3)10-11-13(14)15-5-2/h9H,5,7-8,10-11H2,1-3H3/b12-9+. The van der Waals surface area contributed by atoms with Crippen molar-refractivity contribution < 1.29 is 9.53 Å². The lowest BCUT2D eigenvalue weighted by Crippen LogP contribution is -2.03. The summed E-state index contributed by atoms with van der Waals surface area (Å²) < 4.78 is 4.85. The van der Waals surface area contributed by atoms with Crippen molar-refractivity contribution >= 4 is 5.97 Å². The van der Waals surface area contributed by atoms with Gasteiger partial charge >= 0.3 is 5.97 Å². The average molecular weight is 208 g/mol. The number of carbonyl (C=O) groups is 1. The quantitative estimate of drug-likeness (QED) is 0.290. The van der Waals surface area contributed by atoms with Crippen LogP contribution in [-0.4, -0.2) is 12.6 Å². The normalized spacial score (nSPS) is 10.5. The second-order valence-electron chi connectivity index (χ2n) is 3.32. The molecule has 2 heteroatoms. The van der Waals surface area contributed by atoms with Gasteiger partial charge < -0.3 is 4.74 Å². The molecule has 0 saturated carbocycles. The maximum atomic E-state index is 11.1. The van der Waals surface area contributed by atoms with Crippen molar-refractivity contribution in [2.24, 2.45) is 0 Å². The molecule has 0 bridgehead atoms. The van der Waals surface area contributed by atoms with E-state index in [0.29, 0.717) is 13.0 Å². The van der Waals surface area contributed by atoms with E-state index < -0.39 is 0 Å². The van der Waals surface area contributed by atoms with E-state index in [2.05, 4.69) is 17.9 Å². The van der Waals surface area contributed by atoms with E-state index in [1.54, 1.807) is 0 Å². The SMILES string of the molecule is CC#CCC/C=C(\C)CCC(=O)OCC. The highest BCUT2D eigenvalue weighted by Gasteiger charge is 2.00. The van der Waals surface area contributed by atoms with Gasteiger partial charge in [-0.25, -0.2) is 0 Å². The molecular formula is C13H20O2. The summed E-state index contributed by atoms with van der Waals surface area (Å²) in [6, 6.07) is 0. The molecule has 0 aliphatic carbocycles. The van der Waals surface area contributed by atoms with Crippen LogP contribution in [0.5, 0.6) is 0 Å². The molecule has 0 saturated heterocycles. The minimum Gasteiger partial charge on any atom is -0.466 e. The molecule has 0 unspecified atom stereocenters. The van der Waals surface area contributed by atoms with Crippen LogP contribution in [0.3, 0.4) is 0 Å². The first kappa shape index (κ1) is 13.8. The van der Waals surface area contributed by atoms with Gasteiger partial charge in [0.1, 0.15) is 0 Å². The summed E-state index contributed by atoms with van der Waals surface area (Å²) in [6.07, 6.45) is 5.28. The van der Waals surface area contributed by atoms with E-state index in [4.69, 9.17) is 4.74 Å². The number of hydrogen-bond acceptors (Lipinski definition) is 2. The molecule has 0 rings (SSSR count). The fraction of sp³-hybridized carbons (Fsp3) is 0.615. The van der Waals surface area contributed by atoms with E-state index in [1.807, 2.05) is 20.8 Å². The summed E-state index contributed by atoms with van der Waals surface area (Å²) in [7, 11) is 0. The van der Waals surface area contributed by atoms with Gasteiger partial charge in [-0.05, 0) is 33.6 Å². The van der Waals surface area contributed by atoms with Gasteiger partial charge in [-0.3, -0.25) is 4.79 Å². The van der Waals surface area contributed by atoms with Crippen molar-refractivity contribution in [1.82, 2.24) is 0 Å². The number of rotatable bonds is 6. The Morgan fingerprint density at radius 1 is 1.40 bits per heavy atom. The fourth-order valence-corrected chi connectivity index (χ4v) is 1.15. The molecule has 0 aliphatic heterocycles. The van der Waals surface area contributed by atoms with Gasteiger partial charge in [-0.15, -0.1) is 11.8 Å². The van der Waals surface area contributed by atoms with Crippen LogP contribution < -0.4 is 0 Å². The van der Waals surface area contributed by atoms with Crippen LogP contribution >= 0.6 is 0 Å². The van der Waals surface area contributed by atoms with Crippen molar-refractivity contribution in [3.63, 3.8) is 0 Å². The minimum atomic E-state index is -0.112. The van der Waals surface area contributed by atoms with Crippen molar-refractivity contribution in [2.45, 2.75) is 46.5 Å². The fourth-order valence-electron chi connectivity index (χ4n) is 1.15. The third-order valence-corrected chi connectivity index (χ3v) is 1.97. The van der Waals surface area contributed by atoms with E-state index >= 15 is 0 Å². The largest absolute Gasteiger partial charge is 0.466 e. The zero-order valence-corrected chi connectivity index (χ0v) is 9.93. The molecule has 0 radical (unpaired) electrons. The van der Waals surface area contributed by atoms with Crippen molar-refractivity contribution in [3.05, 3.63) is 11.6 Å². The smallest absolute Gasteiger partial charge is 0.306 e. The highest BCUT2D eigenvalue weighted by Crippen LogP contribution is 2.07. The zero-order chi connectivity index (χ0) is 11.5. The van der Waals surface area contributed by atoms with Crippen LogP contribution in [0.2, 0.25) is 0 Å². The lowest BCUT2D eigenvalue weighted by molar-refractivity contribution is -0.143. The molecular weight excluding hydrogens is 188 g/mol. The van der Waals surface area contributed by atoms with Gasteiger partial charge in [0.05, 0.1) is 6.61 Å². The van der Waals surface area contributed by atoms with Gasteiger partial charge in [-0.2, -0.15) is 0 Å². The number of hydrogen-bond donors (Lipinski definition) is 0. The lowest BCUT2D eigenvalue weighted by atomic mass is 10.1. The Morgan fingerprint density at radius 2 is 2.13 bits per heavy atom. The summed E-state index contributed by atoms with van der Waals surface area (Å²) in [5.74, 6) is 5.75. The topological polar surface area (TPSA) is 26.3 Å². The highest BCUT2D eigenvalue weighted by molar-refractivity contribution is 5.69. The first-order valence-corrected chi connectivity index (χ1v) is 5.41. The van der Waals surface area contributed by atoms with Gasteiger partial charge in [0.25, 0.3) is 0 Å². The van der Waals surface area contributed by atoms with Crippen molar-refractivity contribution in [1.29, 1.82) is 0 Å². The summed E-state index contributed by atoms with van der Waals surface area (Å²) in [5.41, 5.74) is 1.24. The van der Waals surface area contributed by atoms with Crippen LogP contribution in [-0.2, 0) is 9.53 Å². The first-order chi connectivity index (χ1) is 7.20. The first-order valence-electron chi connectivity index (χ1n) is 5.41. The Morgan fingerprint density at radius 3 is 2.73 bits per heavy atom. The van der Waals surface area contributed by atoms with E-state index in [0.717, 1.165) is 19.3 Å². The van der Waals surface area contributed by atoms with Crippen LogP contribution in [0.25, 0.3) is 0 Å². The summed E-state index contributed by atoms with van der Waals surface area (Å²) in [5, 5.41) is 0. The number of unbranched alkanes of at least 4 members (excludes halogenated alkanes) is 1. The van der Waals surface area contributed by atoms with Crippen LogP contribution in [0, 0.1) is 11.8 Å². The second kappa shape index (κ2) is 9.33. The summed E-state index contributed by atoms with van der Waals surface area (Å²) in [6.45, 7) is 6.17. The number of carbonyl (C=O) groups excluding carboxylic acids is 1. The summed E-state index contributed by atoms with van der Waals surface area (Å²) in [4.78, 5) is 11.1. The third kappa shape index (κ3) is 9.08. The van der Waals surface area contributed by atoms with Crippen LogP contribution in [0.4, 0.5) is 0 Å². The monoisotopic (exact) mass is 208 g/mol. The molecule has 0 spiro atoms. The second-order valence-corrected chi connectivity index (χ2v) is 3.32. The molecule has 0 fully saturated rings. The molecule has 0 amide bonds. The molecule has 15 heavy (non-hydrogen) atoms. The van der Waals surface area contributed by atoms with Crippen molar-refractivity contribution in [2.75, 3.05) is 6.61 Å². The van der Waals surface area contributed by atoms with Crippen LogP contribution in [0.1, 0.15) is 46.5 Å². The highest BCUT2D eigenvalue weighted by atomic mass is 16.5. The zero-order valence-electron chi connectivity index (χ0n) is 9.93. The Hall–Kier alpha value is -1.23. The molecule has 0 heterocycles. The molecule has 2 nitrogen and oxygen atoms in total. The maximum Gasteiger partial charge on any atom is 0.306 e. The maximum absolute atomic E-state index is 11.1. The Labute approximate surface area is 92.7 Å². The van der Waals surface area contributed by atoms with Gasteiger partial charge in [0.2, 0.25) is 0 Å². The number of ether oxygens (including phenoxy) is 1. The Bertz CT molecular complexity index is 266. The molecule has 0 aromatic carbocycles. The molecule has 0 aliphatic rings. The van der Waals surface area contributed by atoms with E-state index in [-0.39, 0.29) is 5.97 Å². The predicted octanol–water partition coefficient (Wildman–Crippen LogP) is 3.08. The van der Waals surface area contributed by atoms with Crippen molar-refractivity contribution in [3.8, 4) is 11.8 Å². The summed E-state index contributed by atoms with van der Waals surface area (Å²) >= 11 is 0. The average Bonchev–Trinajstić information content (AvgIpc) is 2.22. The molecule has 0 aromatic rings. The Balaban J connectivity index is 3.66. The van der Waals surface area contributed by atoms with E-state index in [9.17, 15) is 4.79 Å². The lowest BCUT2D eigenvalue weighted by Gasteiger charge is -2.01. The predicted molar refractivity (Wildman–Crippen MR) is 62.3 cm³/mol.